The summed E-state index contributed by atoms with van der Waals surface area (Å²) < 4.78 is 22.4. The van der Waals surface area contributed by atoms with Crippen LogP contribution < -0.4 is 5.14 Å². The van der Waals surface area contributed by atoms with Crippen molar-refractivity contribution in [2.24, 2.45) is 5.14 Å². The lowest BCUT2D eigenvalue weighted by Crippen LogP contribution is -2.23. The Labute approximate surface area is 98.5 Å². The maximum Gasteiger partial charge on any atom is 0.238 e. The number of aliphatic hydroxyl groups excluding tert-OH is 2. The van der Waals surface area contributed by atoms with Gasteiger partial charge in [-0.2, -0.15) is 0 Å². The van der Waals surface area contributed by atoms with Crippen molar-refractivity contribution in [3.05, 3.63) is 29.8 Å². The van der Waals surface area contributed by atoms with Crippen molar-refractivity contribution >= 4 is 21.6 Å². The molecule has 7 heteroatoms. The van der Waals surface area contributed by atoms with Gasteiger partial charge in [0.25, 0.3) is 0 Å². The molecule has 0 radical (unpaired) electrons. The van der Waals surface area contributed by atoms with E-state index in [-0.39, 0.29) is 16.3 Å². The van der Waals surface area contributed by atoms with E-state index in [4.69, 9.17) is 16.7 Å². The number of benzene rings is 1. The summed E-state index contributed by atoms with van der Waals surface area (Å²) in [5.74, 6) is -0.208. The van der Waals surface area contributed by atoms with Crippen LogP contribution in [0, 0.1) is 0 Å². The van der Waals surface area contributed by atoms with E-state index in [1.807, 2.05) is 0 Å². The molecule has 1 aromatic rings. The monoisotopic (exact) mass is 265 g/mol. The number of alkyl halides is 1. The van der Waals surface area contributed by atoms with Gasteiger partial charge in [-0.25, -0.2) is 13.6 Å². The molecule has 0 aliphatic heterocycles. The van der Waals surface area contributed by atoms with Gasteiger partial charge >= 0.3 is 0 Å². The second-order valence-electron chi connectivity index (χ2n) is 3.25. The lowest BCUT2D eigenvalue weighted by atomic mass is 10.1. The highest BCUT2D eigenvalue weighted by molar-refractivity contribution is 7.89. The minimum Gasteiger partial charge on any atom is -0.389 e. The van der Waals surface area contributed by atoms with Gasteiger partial charge in [-0.1, -0.05) is 18.2 Å². The van der Waals surface area contributed by atoms with Gasteiger partial charge in [0, 0.05) is 5.56 Å². The molecule has 0 heterocycles. The number of aliphatic hydroxyl groups is 2. The molecule has 90 valence electrons. The number of hydrogen-bond donors (Lipinski definition) is 3. The second-order valence-corrected chi connectivity index (χ2v) is 5.09. The first-order chi connectivity index (χ1) is 7.38. The fraction of sp³-hybridized carbons (Fsp3) is 0.333. The van der Waals surface area contributed by atoms with Gasteiger partial charge < -0.3 is 10.2 Å². The van der Waals surface area contributed by atoms with Gasteiger partial charge in [-0.3, -0.25) is 0 Å². The molecule has 0 saturated heterocycles. The molecule has 0 amide bonds. The second kappa shape index (κ2) is 5.11. The molecular formula is C9H12ClNO4S. The number of hydrogen-bond acceptors (Lipinski definition) is 4. The molecule has 0 aromatic heterocycles. The molecule has 0 saturated carbocycles. The highest BCUT2D eigenvalue weighted by Crippen LogP contribution is 2.24. The zero-order valence-electron chi connectivity index (χ0n) is 8.25. The largest absolute Gasteiger partial charge is 0.389 e. The summed E-state index contributed by atoms with van der Waals surface area (Å²) in [6.45, 7) is 0. The highest BCUT2D eigenvalue weighted by atomic mass is 35.5. The van der Waals surface area contributed by atoms with Crippen molar-refractivity contribution in [3.63, 3.8) is 0 Å². The van der Waals surface area contributed by atoms with Crippen molar-refractivity contribution < 1.29 is 18.6 Å². The Hall–Kier alpha value is -0.660. The predicted molar refractivity (Wildman–Crippen MR) is 59.5 cm³/mol. The lowest BCUT2D eigenvalue weighted by molar-refractivity contribution is 0.0310. The summed E-state index contributed by atoms with van der Waals surface area (Å²) in [4.78, 5) is -0.216. The van der Waals surface area contributed by atoms with Crippen molar-refractivity contribution in [3.8, 4) is 0 Å². The molecule has 0 aliphatic carbocycles. The van der Waals surface area contributed by atoms with E-state index in [0.29, 0.717) is 0 Å². The van der Waals surface area contributed by atoms with Crippen molar-refractivity contribution in [2.75, 3.05) is 5.88 Å². The number of sulfonamides is 1. The molecule has 2 unspecified atom stereocenters. The fourth-order valence-corrected chi connectivity index (χ4v) is 2.23. The van der Waals surface area contributed by atoms with Crippen LogP contribution in [0.25, 0.3) is 0 Å². The number of rotatable bonds is 4. The summed E-state index contributed by atoms with van der Waals surface area (Å²) in [5.41, 5.74) is 0.0400. The van der Waals surface area contributed by atoms with E-state index < -0.39 is 22.2 Å². The van der Waals surface area contributed by atoms with Crippen LogP contribution in [0.5, 0.6) is 0 Å². The zero-order valence-corrected chi connectivity index (χ0v) is 9.82. The SMILES string of the molecule is NS(=O)(=O)c1ccccc1C(O)C(O)CCl. The Morgan fingerprint density at radius 2 is 1.88 bits per heavy atom. The van der Waals surface area contributed by atoms with Crippen LogP contribution in [0.4, 0.5) is 0 Å². The van der Waals surface area contributed by atoms with Crippen LogP contribution >= 0.6 is 11.6 Å². The van der Waals surface area contributed by atoms with Gasteiger partial charge in [0.1, 0.15) is 6.10 Å². The number of primary sulfonamides is 1. The summed E-state index contributed by atoms with van der Waals surface area (Å²) >= 11 is 5.37. The minimum atomic E-state index is -3.93. The van der Waals surface area contributed by atoms with Gasteiger partial charge in [-0.05, 0) is 6.07 Å². The van der Waals surface area contributed by atoms with Crippen LogP contribution in [0.15, 0.2) is 29.2 Å². The van der Waals surface area contributed by atoms with E-state index in [1.165, 1.54) is 24.3 Å². The molecule has 0 fully saturated rings. The highest BCUT2D eigenvalue weighted by Gasteiger charge is 2.23. The molecule has 4 N–H and O–H groups in total. The Morgan fingerprint density at radius 1 is 1.31 bits per heavy atom. The quantitative estimate of drug-likeness (QED) is 0.666. The molecule has 1 rings (SSSR count). The topological polar surface area (TPSA) is 101 Å². The van der Waals surface area contributed by atoms with E-state index in [1.54, 1.807) is 0 Å². The van der Waals surface area contributed by atoms with E-state index in [0.717, 1.165) is 0 Å². The van der Waals surface area contributed by atoms with Crippen LogP contribution in [0.2, 0.25) is 0 Å². The Morgan fingerprint density at radius 3 is 2.38 bits per heavy atom. The summed E-state index contributed by atoms with van der Waals surface area (Å²) in [7, 11) is -3.93. The molecule has 0 aliphatic rings. The third-order valence-corrected chi connectivity index (χ3v) is 3.37. The van der Waals surface area contributed by atoms with Gasteiger partial charge in [0.05, 0.1) is 16.9 Å². The Kier molecular flexibility index (Phi) is 4.28. The van der Waals surface area contributed by atoms with E-state index in [9.17, 15) is 18.6 Å². The zero-order chi connectivity index (χ0) is 12.3. The smallest absolute Gasteiger partial charge is 0.238 e. The fourth-order valence-electron chi connectivity index (χ4n) is 1.28. The Bertz CT molecular complexity index is 462. The predicted octanol–water partition coefficient (Wildman–Crippen LogP) is -0.0329. The average molecular weight is 266 g/mol. The normalized spacial score (nSPS) is 15.8. The molecule has 1 aromatic carbocycles. The molecule has 5 nitrogen and oxygen atoms in total. The van der Waals surface area contributed by atoms with Crippen molar-refractivity contribution in [2.45, 2.75) is 17.1 Å². The molecule has 0 spiro atoms. The lowest BCUT2D eigenvalue weighted by Gasteiger charge is -2.17. The van der Waals surface area contributed by atoms with Crippen LogP contribution in [0.1, 0.15) is 11.7 Å². The standard InChI is InChI=1S/C9H12ClNO4S/c10-5-7(12)9(13)6-3-1-2-4-8(6)16(11,14)15/h1-4,7,9,12-13H,5H2,(H2,11,14,15). The third-order valence-electron chi connectivity index (χ3n) is 2.07. The first-order valence-electron chi connectivity index (χ1n) is 4.41. The van der Waals surface area contributed by atoms with Gasteiger partial charge in [-0.15, -0.1) is 11.6 Å². The van der Waals surface area contributed by atoms with Crippen LogP contribution in [-0.2, 0) is 10.0 Å². The molecule has 0 bridgehead atoms. The Balaban J connectivity index is 3.24. The van der Waals surface area contributed by atoms with Gasteiger partial charge in [0.15, 0.2) is 0 Å². The van der Waals surface area contributed by atoms with Crippen molar-refractivity contribution in [1.82, 2.24) is 0 Å². The minimum absolute atomic E-state index is 0.0400. The summed E-state index contributed by atoms with van der Waals surface area (Å²) in [5, 5.41) is 24.0. The van der Waals surface area contributed by atoms with Crippen LogP contribution in [0.3, 0.4) is 0 Å². The van der Waals surface area contributed by atoms with Crippen LogP contribution in [-0.4, -0.2) is 30.6 Å². The van der Waals surface area contributed by atoms with E-state index >= 15 is 0 Å². The maximum absolute atomic E-state index is 11.2. The maximum atomic E-state index is 11.2. The van der Waals surface area contributed by atoms with Gasteiger partial charge in [0.2, 0.25) is 10.0 Å². The first-order valence-corrected chi connectivity index (χ1v) is 6.50. The average Bonchev–Trinajstić information content (AvgIpc) is 2.26. The summed E-state index contributed by atoms with van der Waals surface area (Å²) in [6.07, 6.45) is -2.63. The van der Waals surface area contributed by atoms with E-state index in [2.05, 4.69) is 0 Å². The molecular weight excluding hydrogens is 254 g/mol. The number of halogens is 1. The molecule has 2 atom stereocenters. The third kappa shape index (κ3) is 2.93. The molecule has 16 heavy (non-hydrogen) atoms. The number of nitrogens with two attached hydrogens (primary N) is 1. The summed E-state index contributed by atoms with van der Waals surface area (Å²) in [6, 6.07) is 5.65. The van der Waals surface area contributed by atoms with Crippen molar-refractivity contribution in [1.29, 1.82) is 0 Å². The first kappa shape index (κ1) is 13.4.